The van der Waals surface area contributed by atoms with Gasteiger partial charge in [0.15, 0.2) is 0 Å². The van der Waals surface area contributed by atoms with Crippen molar-refractivity contribution in [3.8, 4) is 0 Å². The second-order valence-corrected chi connectivity index (χ2v) is 5.37. The Hall–Kier alpha value is -0.680. The summed E-state index contributed by atoms with van der Waals surface area (Å²) in [5.74, 6) is 0.657. The fourth-order valence-corrected chi connectivity index (χ4v) is 2.61. The highest BCUT2D eigenvalue weighted by Gasteiger charge is 2.18. The van der Waals surface area contributed by atoms with Gasteiger partial charge in [-0.1, -0.05) is 0 Å². The molecule has 0 spiro atoms. The van der Waals surface area contributed by atoms with Crippen LogP contribution >= 0.6 is 15.9 Å². The summed E-state index contributed by atoms with van der Waals surface area (Å²) in [6.45, 7) is 2.32. The van der Waals surface area contributed by atoms with Crippen molar-refractivity contribution in [2.75, 3.05) is 20.1 Å². The zero-order valence-electron chi connectivity index (χ0n) is 9.37. The van der Waals surface area contributed by atoms with E-state index in [4.69, 9.17) is 0 Å². The van der Waals surface area contributed by atoms with Crippen LogP contribution in [0.3, 0.4) is 0 Å². The molecule has 1 aromatic heterocycles. The number of likely N-dealkylation sites (tertiary alicyclic amines) is 1. The number of piperidine rings is 1. The van der Waals surface area contributed by atoms with Crippen molar-refractivity contribution >= 4 is 15.9 Å². The number of rotatable bonds is 2. The Morgan fingerprint density at radius 3 is 3.19 bits per heavy atom. The first-order valence-electron chi connectivity index (χ1n) is 5.58. The number of hydrogen-bond donors (Lipinski definition) is 1. The number of nitrogens with zero attached hydrogens (tertiary/aromatic N) is 2. The molecular weight excluding hydrogens is 270 g/mol. The largest absolute Gasteiger partial charge is 0.306 e. The lowest BCUT2D eigenvalue weighted by Crippen LogP contribution is -2.33. The van der Waals surface area contributed by atoms with E-state index >= 15 is 0 Å². The third-order valence-electron chi connectivity index (χ3n) is 3.03. The number of nitrogens with one attached hydrogen (secondary N) is 1. The van der Waals surface area contributed by atoms with E-state index in [1.165, 1.54) is 19.4 Å². The first kappa shape index (κ1) is 11.8. The van der Waals surface area contributed by atoms with Crippen molar-refractivity contribution in [3.05, 3.63) is 26.6 Å². The summed E-state index contributed by atoms with van der Waals surface area (Å²) in [6, 6.07) is 1.83. The fourth-order valence-electron chi connectivity index (χ4n) is 2.26. The van der Waals surface area contributed by atoms with Gasteiger partial charge in [0.1, 0.15) is 0 Å². The van der Waals surface area contributed by atoms with E-state index in [0.717, 1.165) is 18.7 Å². The molecule has 88 valence electrons. The van der Waals surface area contributed by atoms with E-state index in [1.807, 2.05) is 6.07 Å². The van der Waals surface area contributed by atoms with Crippen molar-refractivity contribution in [3.63, 3.8) is 0 Å². The van der Waals surface area contributed by atoms with Crippen molar-refractivity contribution in [2.24, 2.45) is 5.92 Å². The second-order valence-electron chi connectivity index (χ2n) is 4.51. The van der Waals surface area contributed by atoms with Crippen LogP contribution in [0.15, 0.2) is 15.3 Å². The summed E-state index contributed by atoms with van der Waals surface area (Å²) >= 11 is 3.23. The molecule has 0 saturated carbocycles. The van der Waals surface area contributed by atoms with Crippen LogP contribution < -0.4 is 5.56 Å². The Morgan fingerprint density at radius 2 is 2.50 bits per heavy atom. The minimum atomic E-state index is -0.162. The molecule has 2 rings (SSSR count). The van der Waals surface area contributed by atoms with E-state index < -0.39 is 0 Å². The predicted molar refractivity (Wildman–Crippen MR) is 66.5 cm³/mol. The molecule has 1 atom stereocenters. The highest BCUT2D eigenvalue weighted by Crippen LogP contribution is 2.19. The Bertz CT molecular complexity index is 418. The molecule has 1 unspecified atom stereocenters. The summed E-state index contributed by atoms with van der Waals surface area (Å²) < 4.78 is 0.571. The first-order valence-corrected chi connectivity index (χ1v) is 6.37. The predicted octanol–water partition coefficient (Wildman–Crippen LogP) is 1.42. The van der Waals surface area contributed by atoms with Crippen molar-refractivity contribution in [1.82, 2.24) is 15.1 Å². The molecule has 0 amide bonds. The number of H-pyrrole nitrogens is 1. The van der Waals surface area contributed by atoms with Gasteiger partial charge in [0.2, 0.25) is 0 Å². The van der Waals surface area contributed by atoms with E-state index in [-0.39, 0.29) is 5.56 Å². The zero-order chi connectivity index (χ0) is 11.5. The molecule has 2 heterocycles. The first-order chi connectivity index (χ1) is 7.65. The lowest BCUT2D eigenvalue weighted by atomic mass is 9.94. The molecule has 0 bridgehead atoms. The third-order valence-corrected chi connectivity index (χ3v) is 3.62. The van der Waals surface area contributed by atoms with Gasteiger partial charge in [0, 0.05) is 6.54 Å². The quantitative estimate of drug-likeness (QED) is 0.894. The van der Waals surface area contributed by atoms with E-state index in [0.29, 0.717) is 10.4 Å². The van der Waals surface area contributed by atoms with Crippen LogP contribution in [-0.4, -0.2) is 35.2 Å². The maximum Gasteiger partial charge on any atom is 0.278 e. The molecule has 1 fully saturated rings. The Labute approximate surface area is 103 Å². The number of hydrogen-bond acceptors (Lipinski definition) is 3. The fraction of sp³-hybridized carbons (Fsp3) is 0.636. The van der Waals surface area contributed by atoms with Crippen LogP contribution in [0.1, 0.15) is 18.5 Å². The average molecular weight is 286 g/mol. The third kappa shape index (κ3) is 2.92. The zero-order valence-corrected chi connectivity index (χ0v) is 11.0. The molecule has 0 radical (unpaired) electrons. The van der Waals surface area contributed by atoms with Gasteiger partial charge in [-0.2, -0.15) is 5.10 Å². The molecule has 16 heavy (non-hydrogen) atoms. The van der Waals surface area contributed by atoms with Gasteiger partial charge in [-0.15, -0.1) is 0 Å². The Balaban J connectivity index is 2.03. The normalized spacial score (nSPS) is 22.2. The lowest BCUT2D eigenvalue weighted by molar-refractivity contribution is 0.208. The van der Waals surface area contributed by atoms with Crippen LogP contribution in [0.4, 0.5) is 0 Å². The van der Waals surface area contributed by atoms with Crippen molar-refractivity contribution in [2.45, 2.75) is 19.3 Å². The van der Waals surface area contributed by atoms with Gasteiger partial charge in [-0.25, -0.2) is 5.10 Å². The molecule has 4 nitrogen and oxygen atoms in total. The smallest absolute Gasteiger partial charge is 0.278 e. The van der Waals surface area contributed by atoms with Gasteiger partial charge in [-0.3, -0.25) is 4.79 Å². The summed E-state index contributed by atoms with van der Waals surface area (Å²) in [5.41, 5.74) is 0.802. The minimum absolute atomic E-state index is 0.162. The standard InChI is InChI=1S/C11H16BrN3O/c1-15-4-2-3-8(7-15)5-9-6-10(12)11(16)14-13-9/h6,8H,2-5,7H2,1H3,(H,14,16). The van der Waals surface area contributed by atoms with Crippen molar-refractivity contribution < 1.29 is 0 Å². The number of aromatic nitrogens is 2. The second kappa shape index (κ2) is 5.10. The lowest BCUT2D eigenvalue weighted by Gasteiger charge is -2.29. The van der Waals surface area contributed by atoms with Gasteiger partial charge in [0.05, 0.1) is 10.2 Å². The SMILES string of the molecule is CN1CCCC(Cc2cc(Br)c(=O)[nH]n2)C1. The van der Waals surface area contributed by atoms with Crippen LogP contribution in [0.5, 0.6) is 0 Å². The summed E-state index contributed by atoms with van der Waals surface area (Å²) in [5, 5.41) is 6.58. The van der Waals surface area contributed by atoms with Crippen LogP contribution in [0, 0.1) is 5.92 Å². The molecule has 1 aromatic rings. The highest BCUT2D eigenvalue weighted by atomic mass is 79.9. The topological polar surface area (TPSA) is 49.0 Å². The molecule has 1 aliphatic rings. The maximum absolute atomic E-state index is 11.1. The van der Waals surface area contributed by atoms with Crippen LogP contribution in [0.2, 0.25) is 0 Å². The molecule has 5 heteroatoms. The molecule has 0 aliphatic carbocycles. The molecular formula is C11H16BrN3O. The Kier molecular flexibility index (Phi) is 3.76. The van der Waals surface area contributed by atoms with Gasteiger partial charge in [0.25, 0.3) is 5.56 Å². The monoisotopic (exact) mass is 285 g/mol. The summed E-state index contributed by atoms with van der Waals surface area (Å²) in [6.07, 6.45) is 3.45. The molecule has 1 aliphatic heterocycles. The summed E-state index contributed by atoms with van der Waals surface area (Å²) in [4.78, 5) is 13.5. The van der Waals surface area contributed by atoms with Gasteiger partial charge >= 0.3 is 0 Å². The van der Waals surface area contributed by atoms with Gasteiger partial charge in [-0.05, 0) is 60.8 Å². The van der Waals surface area contributed by atoms with Crippen LogP contribution in [-0.2, 0) is 6.42 Å². The van der Waals surface area contributed by atoms with Crippen LogP contribution in [0.25, 0.3) is 0 Å². The number of halogens is 1. The van der Waals surface area contributed by atoms with E-state index in [1.54, 1.807) is 0 Å². The molecule has 0 aromatic carbocycles. The average Bonchev–Trinajstić information content (AvgIpc) is 2.24. The Morgan fingerprint density at radius 1 is 1.69 bits per heavy atom. The van der Waals surface area contributed by atoms with E-state index in [2.05, 4.69) is 38.1 Å². The minimum Gasteiger partial charge on any atom is -0.306 e. The van der Waals surface area contributed by atoms with Gasteiger partial charge < -0.3 is 4.90 Å². The number of aromatic amines is 1. The maximum atomic E-state index is 11.1. The molecule has 1 N–H and O–H groups in total. The molecule has 1 saturated heterocycles. The van der Waals surface area contributed by atoms with Crippen molar-refractivity contribution in [1.29, 1.82) is 0 Å². The summed E-state index contributed by atoms with van der Waals surface area (Å²) in [7, 11) is 2.16. The highest BCUT2D eigenvalue weighted by molar-refractivity contribution is 9.10. The van der Waals surface area contributed by atoms with E-state index in [9.17, 15) is 4.79 Å².